The van der Waals surface area contributed by atoms with Crippen molar-refractivity contribution in [2.45, 2.75) is 85.7 Å². The predicted molar refractivity (Wildman–Crippen MR) is 137 cm³/mol. The van der Waals surface area contributed by atoms with E-state index in [0.29, 0.717) is 23.6 Å². The van der Waals surface area contributed by atoms with Crippen LogP contribution in [0, 0.1) is 24.2 Å². The van der Waals surface area contributed by atoms with Gasteiger partial charge < -0.3 is 24.1 Å². The van der Waals surface area contributed by atoms with Crippen LogP contribution in [0.4, 0.5) is 0 Å². The second-order valence-corrected chi connectivity index (χ2v) is 10.4. The van der Waals surface area contributed by atoms with Crippen LogP contribution in [0.25, 0.3) is 6.08 Å². The highest BCUT2D eigenvalue weighted by molar-refractivity contribution is 5.88. The number of carbonyl (C=O) groups is 2. The van der Waals surface area contributed by atoms with E-state index in [4.69, 9.17) is 13.9 Å². The normalized spacial score (nSPS) is 33.5. The number of Topliss-reactive ketones (excluding diaryl/α,β-unsaturated/α-hetero) is 1. The summed E-state index contributed by atoms with van der Waals surface area (Å²) in [5, 5.41) is 21.7. The van der Waals surface area contributed by atoms with Gasteiger partial charge in [0.1, 0.15) is 23.8 Å². The molecular weight excluding hydrogens is 462 g/mol. The van der Waals surface area contributed by atoms with Crippen LogP contribution in [0.3, 0.4) is 0 Å². The van der Waals surface area contributed by atoms with Gasteiger partial charge in [0.2, 0.25) is 0 Å². The van der Waals surface area contributed by atoms with E-state index in [-0.39, 0.29) is 18.1 Å². The molecule has 0 saturated heterocycles. The van der Waals surface area contributed by atoms with E-state index in [2.05, 4.69) is 4.98 Å². The number of hydrogen-bond acceptors (Lipinski definition) is 8. The molecule has 0 bridgehead atoms. The van der Waals surface area contributed by atoms with Gasteiger partial charge in [-0.15, -0.1) is 0 Å². The lowest BCUT2D eigenvalue weighted by atomic mass is 9.73. The Hall–Kier alpha value is -2.55. The molecule has 2 N–H and O–H groups in total. The lowest BCUT2D eigenvalue weighted by Gasteiger charge is -2.34. The number of allylic oxidation sites excluding steroid dienone is 3. The minimum Gasteiger partial charge on any atom is -0.455 e. The molecule has 0 unspecified atom stereocenters. The summed E-state index contributed by atoms with van der Waals surface area (Å²) in [6.45, 7) is 12.2. The molecule has 2 heterocycles. The number of aliphatic hydroxyl groups excluding tert-OH is 2. The maximum Gasteiger partial charge on any atom is 0.309 e. The molecule has 1 aliphatic rings. The smallest absolute Gasteiger partial charge is 0.309 e. The lowest BCUT2D eigenvalue weighted by molar-refractivity contribution is -0.157. The molecule has 0 aromatic carbocycles. The zero-order valence-electron chi connectivity index (χ0n) is 22.6. The second kappa shape index (κ2) is 12.6. The predicted octanol–water partition coefficient (Wildman–Crippen LogP) is 4.20. The molecule has 1 aromatic heterocycles. The summed E-state index contributed by atoms with van der Waals surface area (Å²) in [4.78, 5) is 30.5. The fourth-order valence-electron chi connectivity index (χ4n) is 4.38. The molecule has 1 aromatic rings. The molecule has 2 rings (SSSR count). The summed E-state index contributed by atoms with van der Waals surface area (Å²) in [5.41, 5.74) is 0.874. The van der Waals surface area contributed by atoms with Gasteiger partial charge in [-0.25, -0.2) is 4.98 Å². The Kier molecular flexibility index (Phi) is 10.4. The number of aromatic nitrogens is 1. The van der Waals surface area contributed by atoms with Gasteiger partial charge in [0, 0.05) is 20.0 Å². The van der Waals surface area contributed by atoms with E-state index in [1.807, 2.05) is 32.1 Å². The van der Waals surface area contributed by atoms with E-state index in [9.17, 15) is 19.8 Å². The number of ether oxygens (including phenoxy) is 2. The maximum atomic E-state index is 13.2. The van der Waals surface area contributed by atoms with Gasteiger partial charge in [0.05, 0.1) is 24.0 Å². The zero-order chi connectivity index (χ0) is 27.2. The first-order valence-electron chi connectivity index (χ1n) is 12.4. The number of aliphatic hydroxyl groups is 2. The number of cyclic esters (lactones) is 1. The fourth-order valence-corrected chi connectivity index (χ4v) is 4.38. The molecule has 8 heteroatoms. The fraction of sp³-hybridized carbons (Fsp3) is 0.607. The number of rotatable bonds is 3. The Morgan fingerprint density at radius 1 is 1.22 bits per heavy atom. The number of carbonyl (C=O) groups excluding carboxylic acids is 2. The molecular formula is C28H41NO7. The summed E-state index contributed by atoms with van der Waals surface area (Å²) >= 11 is 0. The third-order valence-electron chi connectivity index (χ3n) is 6.94. The SMILES string of the molecule is CO[C@H]1/C=C(C)\C=C\C[C@H](C)[C@H](O)[C@@H](C)C(=O)C(C)(C)[C@@H](O)CC(=O)O[C@@H]1/C(C)=C/c1coc(C)n1. The average molecular weight is 504 g/mol. The first kappa shape index (κ1) is 29.7. The number of ketones is 1. The quantitative estimate of drug-likeness (QED) is 0.589. The summed E-state index contributed by atoms with van der Waals surface area (Å²) in [6, 6.07) is 0. The van der Waals surface area contributed by atoms with Gasteiger partial charge in [-0.3, -0.25) is 9.59 Å². The Labute approximate surface area is 214 Å². The van der Waals surface area contributed by atoms with Crippen molar-refractivity contribution < 1.29 is 33.7 Å². The van der Waals surface area contributed by atoms with Crippen LogP contribution < -0.4 is 0 Å². The van der Waals surface area contributed by atoms with Gasteiger partial charge in [0.25, 0.3) is 0 Å². The third-order valence-corrected chi connectivity index (χ3v) is 6.94. The van der Waals surface area contributed by atoms with E-state index >= 15 is 0 Å². The van der Waals surface area contributed by atoms with Crippen LogP contribution in [-0.4, -0.2) is 58.5 Å². The van der Waals surface area contributed by atoms with E-state index in [1.54, 1.807) is 40.7 Å². The highest BCUT2D eigenvalue weighted by Gasteiger charge is 2.42. The molecule has 0 amide bonds. The Balaban J connectivity index is 2.50. The first-order chi connectivity index (χ1) is 16.8. The number of nitrogens with zero attached hydrogens (tertiary/aromatic N) is 1. The molecule has 200 valence electrons. The summed E-state index contributed by atoms with van der Waals surface area (Å²) in [6.07, 6.45) is 5.56. The summed E-state index contributed by atoms with van der Waals surface area (Å²) < 4.78 is 16.8. The van der Waals surface area contributed by atoms with Gasteiger partial charge in [-0.2, -0.15) is 0 Å². The van der Waals surface area contributed by atoms with Crippen molar-refractivity contribution in [2.75, 3.05) is 7.11 Å². The van der Waals surface area contributed by atoms with Crippen molar-refractivity contribution in [1.82, 2.24) is 4.98 Å². The van der Waals surface area contributed by atoms with Gasteiger partial charge in [-0.05, 0) is 43.9 Å². The second-order valence-electron chi connectivity index (χ2n) is 10.4. The average Bonchev–Trinajstić information content (AvgIpc) is 3.22. The molecule has 0 fully saturated rings. The minimum atomic E-state index is -1.29. The zero-order valence-corrected chi connectivity index (χ0v) is 22.6. The van der Waals surface area contributed by atoms with Crippen molar-refractivity contribution >= 4 is 17.8 Å². The Morgan fingerprint density at radius 3 is 2.47 bits per heavy atom. The van der Waals surface area contributed by atoms with Crippen LogP contribution in [0.1, 0.15) is 66.0 Å². The van der Waals surface area contributed by atoms with Crippen LogP contribution in [0.15, 0.2) is 40.1 Å². The monoisotopic (exact) mass is 503 g/mol. The number of aryl methyl sites for hydroxylation is 1. The van der Waals surface area contributed by atoms with Gasteiger partial charge >= 0.3 is 5.97 Å². The van der Waals surface area contributed by atoms with Crippen molar-refractivity contribution in [2.24, 2.45) is 17.3 Å². The minimum absolute atomic E-state index is 0.180. The van der Waals surface area contributed by atoms with Crippen LogP contribution in [0.2, 0.25) is 0 Å². The van der Waals surface area contributed by atoms with Gasteiger partial charge in [-0.1, -0.05) is 45.4 Å². The van der Waals surface area contributed by atoms with Crippen molar-refractivity contribution in [3.05, 3.63) is 47.2 Å². The number of esters is 1. The van der Waals surface area contributed by atoms with Crippen molar-refractivity contribution in [1.29, 1.82) is 0 Å². The van der Waals surface area contributed by atoms with Crippen LogP contribution in [-0.2, 0) is 19.1 Å². The van der Waals surface area contributed by atoms with Crippen LogP contribution >= 0.6 is 0 Å². The maximum absolute atomic E-state index is 13.2. The van der Waals surface area contributed by atoms with Crippen molar-refractivity contribution in [3.8, 4) is 0 Å². The van der Waals surface area contributed by atoms with E-state index in [1.165, 1.54) is 13.4 Å². The standard InChI is InChI=1S/C28H41NO7/c1-16-10-9-11-17(2)25(32)19(4)27(33)28(6,7)23(30)14-24(31)36-26(22(12-16)34-8)18(3)13-21-15-35-20(5)29-21/h9-10,12-13,15,17,19,22-23,25-26,30,32H,11,14H2,1-8H3/b10-9+,16-12-,18-13+/t17-,19+,22-,23-,25-,26+/m0/s1. The molecule has 8 nitrogen and oxygen atoms in total. The van der Waals surface area contributed by atoms with Crippen molar-refractivity contribution in [3.63, 3.8) is 0 Å². The highest BCUT2D eigenvalue weighted by atomic mass is 16.6. The topological polar surface area (TPSA) is 119 Å². The van der Waals surface area contributed by atoms with Gasteiger partial charge in [0.15, 0.2) is 12.0 Å². The Bertz CT molecular complexity index is 1000. The Morgan fingerprint density at radius 2 is 1.89 bits per heavy atom. The summed E-state index contributed by atoms with van der Waals surface area (Å²) in [5.74, 6) is -1.36. The molecule has 0 radical (unpaired) electrons. The number of oxazole rings is 1. The number of hydrogen-bond donors (Lipinski definition) is 2. The highest BCUT2D eigenvalue weighted by Crippen LogP contribution is 2.32. The molecule has 6 atom stereocenters. The molecule has 0 saturated carbocycles. The van der Waals surface area contributed by atoms with E-state index in [0.717, 1.165) is 5.57 Å². The van der Waals surface area contributed by atoms with E-state index < -0.39 is 41.7 Å². The molecule has 0 aliphatic carbocycles. The third kappa shape index (κ3) is 7.48. The molecule has 0 spiro atoms. The molecule has 36 heavy (non-hydrogen) atoms. The summed E-state index contributed by atoms with van der Waals surface area (Å²) in [7, 11) is 1.53. The molecule has 1 aliphatic heterocycles. The largest absolute Gasteiger partial charge is 0.455 e. The van der Waals surface area contributed by atoms with Crippen LogP contribution in [0.5, 0.6) is 0 Å². The number of methoxy groups -OCH3 is 1. The first-order valence-corrected chi connectivity index (χ1v) is 12.4. The lowest BCUT2D eigenvalue weighted by Crippen LogP contribution is -2.46.